The van der Waals surface area contributed by atoms with Crippen LogP contribution in [0.3, 0.4) is 0 Å². The second-order valence-electron chi connectivity index (χ2n) is 4.23. The van der Waals surface area contributed by atoms with Crippen molar-refractivity contribution in [2.24, 2.45) is 11.8 Å². The lowest BCUT2D eigenvalue weighted by Crippen LogP contribution is -2.46. The van der Waals surface area contributed by atoms with Gasteiger partial charge in [-0.15, -0.1) is 0 Å². The van der Waals surface area contributed by atoms with Crippen molar-refractivity contribution in [2.45, 2.75) is 52.5 Å². The fraction of sp³-hybridized carbons (Fsp3) is 1.00. The van der Waals surface area contributed by atoms with Gasteiger partial charge < -0.3 is 14.2 Å². The molecule has 2 fully saturated rings. The number of hydrogen-bond donors (Lipinski definition) is 0. The van der Waals surface area contributed by atoms with E-state index in [1.165, 1.54) is 0 Å². The largest absolute Gasteiger partial charge is 0.347 e. The van der Waals surface area contributed by atoms with Gasteiger partial charge in [0.2, 0.25) is 0 Å². The van der Waals surface area contributed by atoms with E-state index in [0.717, 1.165) is 0 Å². The zero-order valence-electron chi connectivity index (χ0n) is 8.69. The van der Waals surface area contributed by atoms with Crippen LogP contribution in [0.15, 0.2) is 0 Å². The SMILES string of the molecule is CC1O[C@H]2OC(C)[C@@H](C)C(C)[C@@H]2O1. The standard InChI is InChI=1S/C10H18O3/c1-5-6(2)9-10(11-7(5)3)13-8(4)12-9/h5-10H,1-4H3/t5-,6?,7?,8?,9-,10+/m0/s1. The first-order chi connectivity index (χ1) is 6.09. The molecule has 0 aliphatic carbocycles. The summed E-state index contributed by atoms with van der Waals surface area (Å²) in [4.78, 5) is 0. The maximum Gasteiger partial charge on any atom is 0.187 e. The molecule has 2 saturated heterocycles. The molecule has 0 N–H and O–H groups in total. The minimum Gasteiger partial charge on any atom is -0.347 e. The molecular formula is C10H18O3. The topological polar surface area (TPSA) is 27.7 Å². The molecule has 2 aliphatic rings. The minimum atomic E-state index is -0.142. The number of ether oxygens (including phenoxy) is 3. The predicted octanol–water partition coefficient (Wildman–Crippen LogP) is 1.76. The van der Waals surface area contributed by atoms with Crippen LogP contribution in [0.5, 0.6) is 0 Å². The van der Waals surface area contributed by atoms with Crippen molar-refractivity contribution < 1.29 is 14.2 Å². The molecule has 0 bridgehead atoms. The van der Waals surface area contributed by atoms with Gasteiger partial charge in [-0.1, -0.05) is 13.8 Å². The fourth-order valence-corrected chi connectivity index (χ4v) is 2.13. The molecule has 0 amide bonds. The Morgan fingerprint density at radius 3 is 2.15 bits per heavy atom. The summed E-state index contributed by atoms with van der Waals surface area (Å²) in [7, 11) is 0. The van der Waals surface area contributed by atoms with Gasteiger partial charge in [0.1, 0.15) is 6.10 Å². The van der Waals surface area contributed by atoms with Gasteiger partial charge in [0, 0.05) is 0 Å². The molecular weight excluding hydrogens is 168 g/mol. The second kappa shape index (κ2) is 3.23. The van der Waals surface area contributed by atoms with Crippen molar-refractivity contribution in [3.05, 3.63) is 0 Å². The smallest absolute Gasteiger partial charge is 0.187 e. The van der Waals surface area contributed by atoms with Gasteiger partial charge in [0.15, 0.2) is 12.6 Å². The summed E-state index contributed by atoms with van der Waals surface area (Å²) in [5.74, 6) is 1.05. The van der Waals surface area contributed by atoms with Gasteiger partial charge in [-0.25, -0.2) is 0 Å². The molecule has 0 saturated carbocycles. The molecule has 3 heteroatoms. The van der Waals surface area contributed by atoms with Crippen LogP contribution in [0, 0.1) is 11.8 Å². The third kappa shape index (κ3) is 1.49. The first-order valence-corrected chi connectivity index (χ1v) is 5.06. The van der Waals surface area contributed by atoms with Crippen LogP contribution in [0.4, 0.5) is 0 Å². The van der Waals surface area contributed by atoms with E-state index in [1.54, 1.807) is 0 Å². The maximum absolute atomic E-state index is 5.72. The molecule has 0 aromatic rings. The average Bonchev–Trinajstić information content (AvgIpc) is 2.42. The molecule has 2 rings (SSSR count). The molecule has 3 unspecified atom stereocenters. The van der Waals surface area contributed by atoms with Crippen LogP contribution >= 0.6 is 0 Å². The average molecular weight is 186 g/mol. The summed E-state index contributed by atoms with van der Waals surface area (Å²) in [5, 5.41) is 0. The van der Waals surface area contributed by atoms with Crippen molar-refractivity contribution in [3.8, 4) is 0 Å². The zero-order valence-corrected chi connectivity index (χ0v) is 8.69. The summed E-state index contributed by atoms with van der Waals surface area (Å²) >= 11 is 0. The van der Waals surface area contributed by atoms with Crippen LogP contribution in [0.1, 0.15) is 27.7 Å². The fourth-order valence-electron chi connectivity index (χ4n) is 2.13. The highest BCUT2D eigenvalue weighted by atomic mass is 16.8. The Balaban J connectivity index is 2.11. The van der Waals surface area contributed by atoms with E-state index in [2.05, 4.69) is 20.8 Å². The van der Waals surface area contributed by atoms with Crippen molar-refractivity contribution in [3.63, 3.8) is 0 Å². The van der Waals surface area contributed by atoms with E-state index in [0.29, 0.717) is 11.8 Å². The molecule has 0 spiro atoms. The summed E-state index contributed by atoms with van der Waals surface area (Å²) in [6.07, 6.45) is 0.137. The first-order valence-electron chi connectivity index (χ1n) is 5.06. The van der Waals surface area contributed by atoms with Gasteiger partial charge in [0.25, 0.3) is 0 Å². The molecule has 0 aromatic carbocycles. The number of fused-ring (bicyclic) bond motifs is 1. The lowest BCUT2D eigenvalue weighted by atomic mass is 9.84. The molecule has 0 aromatic heterocycles. The number of rotatable bonds is 0. The Morgan fingerprint density at radius 1 is 0.769 bits per heavy atom. The molecule has 2 heterocycles. The molecule has 13 heavy (non-hydrogen) atoms. The molecule has 3 nitrogen and oxygen atoms in total. The van der Waals surface area contributed by atoms with E-state index >= 15 is 0 Å². The van der Waals surface area contributed by atoms with Gasteiger partial charge >= 0.3 is 0 Å². The Bertz CT molecular complexity index is 193. The third-order valence-corrected chi connectivity index (χ3v) is 3.38. The van der Waals surface area contributed by atoms with E-state index in [9.17, 15) is 0 Å². The quantitative estimate of drug-likeness (QED) is 0.577. The summed E-state index contributed by atoms with van der Waals surface area (Å²) in [6.45, 7) is 8.44. The highest BCUT2D eigenvalue weighted by molar-refractivity contribution is 4.86. The van der Waals surface area contributed by atoms with Crippen molar-refractivity contribution >= 4 is 0 Å². The van der Waals surface area contributed by atoms with Crippen LogP contribution in [-0.4, -0.2) is 24.8 Å². The number of hydrogen-bond acceptors (Lipinski definition) is 3. The first kappa shape index (κ1) is 9.44. The van der Waals surface area contributed by atoms with Crippen molar-refractivity contribution in [2.75, 3.05) is 0 Å². The molecule has 6 atom stereocenters. The van der Waals surface area contributed by atoms with Crippen LogP contribution in [0.2, 0.25) is 0 Å². The van der Waals surface area contributed by atoms with Crippen LogP contribution in [0.25, 0.3) is 0 Å². The predicted molar refractivity (Wildman–Crippen MR) is 48.1 cm³/mol. The zero-order chi connectivity index (χ0) is 9.59. The van der Waals surface area contributed by atoms with E-state index in [-0.39, 0.29) is 24.8 Å². The van der Waals surface area contributed by atoms with Gasteiger partial charge in [-0.05, 0) is 25.7 Å². The third-order valence-electron chi connectivity index (χ3n) is 3.38. The van der Waals surface area contributed by atoms with Gasteiger partial charge in [-0.2, -0.15) is 0 Å². The van der Waals surface area contributed by atoms with Crippen LogP contribution in [-0.2, 0) is 14.2 Å². The van der Waals surface area contributed by atoms with E-state index < -0.39 is 0 Å². The Kier molecular flexibility index (Phi) is 2.34. The minimum absolute atomic E-state index is 0.116. The highest BCUT2D eigenvalue weighted by Gasteiger charge is 2.46. The summed E-state index contributed by atoms with van der Waals surface area (Å²) in [5.41, 5.74) is 0. The van der Waals surface area contributed by atoms with Gasteiger partial charge in [-0.3, -0.25) is 0 Å². The van der Waals surface area contributed by atoms with E-state index in [1.807, 2.05) is 6.92 Å². The molecule has 2 aliphatic heterocycles. The van der Waals surface area contributed by atoms with Crippen molar-refractivity contribution in [1.29, 1.82) is 0 Å². The highest BCUT2D eigenvalue weighted by Crippen LogP contribution is 2.37. The Hall–Kier alpha value is -0.120. The summed E-state index contributed by atoms with van der Waals surface area (Å²) in [6, 6.07) is 0. The normalized spacial score (nSPS) is 56.3. The van der Waals surface area contributed by atoms with Gasteiger partial charge in [0.05, 0.1) is 6.10 Å². The monoisotopic (exact) mass is 186 g/mol. The maximum atomic E-state index is 5.72. The Labute approximate surface area is 79.4 Å². The Morgan fingerprint density at radius 2 is 1.46 bits per heavy atom. The second-order valence-corrected chi connectivity index (χ2v) is 4.23. The summed E-state index contributed by atoms with van der Waals surface area (Å²) < 4.78 is 16.9. The lowest BCUT2D eigenvalue weighted by molar-refractivity contribution is -0.205. The molecule has 76 valence electrons. The van der Waals surface area contributed by atoms with E-state index in [4.69, 9.17) is 14.2 Å². The van der Waals surface area contributed by atoms with Crippen molar-refractivity contribution in [1.82, 2.24) is 0 Å². The lowest BCUT2D eigenvalue weighted by Gasteiger charge is -2.38. The molecule has 0 radical (unpaired) electrons. The van der Waals surface area contributed by atoms with Crippen LogP contribution < -0.4 is 0 Å².